The predicted octanol–water partition coefficient (Wildman–Crippen LogP) is 3.71. The normalized spacial score (nSPS) is 17.9. The van der Waals surface area contributed by atoms with E-state index in [4.69, 9.17) is 18.4 Å². The molecular weight excluding hydrogens is 496 g/mol. The van der Waals surface area contributed by atoms with Crippen molar-refractivity contribution >= 4 is 16.0 Å². The third-order valence-corrected chi connectivity index (χ3v) is 7.05. The first kappa shape index (κ1) is 27.7. The van der Waals surface area contributed by atoms with E-state index >= 15 is 0 Å². The SMILES string of the molecule is COc1cc(CN2CCC(CCOS(C)(=O)=O)(CCc3ccc(F)c(F)c3)C2=O)cc(OC)c1OC. The van der Waals surface area contributed by atoms with Crippen LogP contribution in [0.25, 0.3) is 0 Å². The lowest BCUT2D eigenvalue weighted by Gasteiger charge is -2.28. The van der Waals surface area contributed by atoms with Crippen molar-refractivity contribution in [2.75, 3.05) is 40.7 Å². The highest BCUT2D eigenvalue weighted by Crippen LogP contribution is 2.42. The van der Waals surface area contributed by atoms with E-state index in [1.807, 2.05) is 0 Å². The molecule has 8 nitrogen and oxygen atoms in total. The molecule has 1 fully saturated rings. The average molecular weight is 528 g/mol. The molecule has 0 aromatic heterocycles. The molecule has 0 radical (unpaired) electrons. The molecule has 0 bridgehead atoms. The van der Waals surface area contributed by atoms with Gasteiger partial charge < -0.3 is 19.1 Å². The van der Waals surface area contributed by atoms with Crippen LogP contribution in [0.1, 0.15) is 30.4 Å². The molecule has 1 heterocycles. The van der Waals surface area contributed by atoms with Crippen molar-refractivity contribution in [1.82, 2.24) is 4.90 Å². The minimum absolute atomic E-state index is 0.152. The third-order valence-electron chi connectivity index (χ3n) is 6.45. The zero-order valence-electron chi connectivity index (χ0n) is 20.8. The first-order valence-electron chi connectivity index (χ1n) is 11.4. The van der Waals surface area contributed by atoms with E-state index in [2.05, 4.69) is 0 Å². The first-order chi connectivity index (χ1) is 17.0. The Bertz CT molecular complexity index is 1180. The fraction of sp³-hybridized carbons (Fsp3) is 0.480. The molecule has 198 valence electrons. The van der Waals surface area contributed by atoms with Gasteiger partial charge in [0.05, 0.1) is 39.6 Å². The molecule has 1 saturated heterocycles. The average Bonchev–Trinajstić information content (AvgIpc) is 3.13. The Morgan fingerprint density at radius 3 is 2.17 bits per heavy atom. The standard InChI is InChI=1S/C25H31F2NO7S/c1-32-21-14-18(15-22(33-2)23(21)34-3)16-28-11-9-25(24(28)29,10-12-35-36(4,30)31)8-7-17-5-6-19(26)20(27)13-17/h5-6,13-15H,7-12,16H2,1-4H3. The molecule has 1 aliphatic heterocycles. The monoisotopic (exact) mass is 527 g/mol. The molecule has 11 heteroatoms. The van der Waals surface area contributed by atoms with E-state index < -0.39 is 27.2 Å². The minimum atomic E-state index is -3.68. The van der Waals surface area contributed by atoms with Crippen molar-refractivity contribution in [2.45, 2.75) is 32.2 Å². The Morgan fingerprint density at radius 2 is 1.61 bits per heavy atom. The fourth-order valence-electron chi connectivity index (χ4n) is 4.55. The summed E-state index contributed by atoms with van der Waals surface area (Å²) >= 11 is 0. The molecule has 1 unspecified atom stereocenters. The highest BCUT2D eigenvalue weighted by Gasteiger charge is 2.46. The van der Waals surface area contributed by atoms with Gasteiger partial charge >= 0.3 is 0 Å². The molecule has 0 spiro atoms. The highest BCUT2D eigenvalue weighted by atomic mass is 32.2. The van der Waals surface area contributed by atoms with Crippen LogP contribution in [0.4, 0.5) is 8.78 Å². The summed E-state index contributed by atoms with van der Waals surface area (Å²) < 4.78 is 71.1. The van der Waals surface area contributed by atoms with Gasteiger partial charge in [0, 0.05) is 13.1 Å². The van der Waals surface area contributed by atoms with E-state index in [1.54, 1.807) is 17.0 Å². The van der Waals surface area contributed by atoms with Crippen LogP contribution in [0.15, 0.2) is 30.3 Å². The fourth-order valence-corrected chi connectivity index (χ4v) is 4.93. The second kappa shape index (κ2) is 11.4. The zero-order valence-corrected chi connectivity index (χ0v) is 21.6. The van der Waals surface area contributed by atoms with Crippen LogP contribution in [-0.2, 0) is 32.1 Å². The maximum Gasteiger partial charge on any atom is 0.264 e. The number of halogens is 2. The molecule has 0 saturated carbocycles. The number of ether oxygens (including phenoxy) is 3. The lowest BCUT2D eigenvalue weighted by Crippen LogP contribution is -2.36. The van der Waals surface area contributed by atoms with Crippen LogP contribution in [0.5, 0.6) is 17.2 Å². The number of carbonyl (C=O) groups is 1. The van der Waals surface area contributed by atoms with Gasteiger partial charge in [-0.1, -0.05) is 6.07 Å². The lowest BCUT2D eigenvalue weighted by atomic mass is 9.78. The van der Waals surface area contributed by atoms with Crippen molar-refractivity contribution in [3.63, 3.8) is 0 Å². The summed E-state index contributed by atoms with van der Waals surface area (Å²) in [5.41, 5.74) is 0.408. The van der Waals surface area contributed by atoms with Gasteiger partial charge in [0.15, 0.2) is 23.1 Å². The van der Waals surface area contributed by atoms with Crippen LogP contribution in [-0.4, -0.2) is 60.0 Å². The molecule has 0 aliphatic carbocycles. The third kappa shape index (κ3) is 6.44. The zero-order chi connectivity index (χ0) is 26.5. The summed E-state index contributed by atoms with van der Waals surface area (Å²) in [7, 11) is 0.841. The van der Waals surface area contributed by atoms with Gasteiger partial charge in [-0.3, -0.25) is 8.98 Å². The van der Waals surface area contributed by atoms with Crippen LogP contribution >= 0.6 is 0 Å². The van der Waals surface area contributed by atoms with Crippen LogP contribution < -0.4 is 14.2 Å². The van der Waals surface area contributed by atoms with Crippen LogP contribution in [0.3, 0.4) is 0 Å². The minimum Gasteiger partial charge on any atom is -0.493 e. The summed E-state index contributed by atoms with van der Waals surface area (Å²) in [5.74, 6) is -0.687. The maximum atomic E-state index is 13.7. The largest absolute Gasteiger partial charge is 0.493 e. The molecule has 2 aromatic rings. The summed E-state index contributed by atoms with van der Waals surface area (Å²) in [6, 6.07) is 7.18. The second-order valence-electron chi connectivity index (χ2n) is 8.82. The highest BCUT2D eigenvalue weighted by molar-refractivity contribution is 7.85. The van der Waals surface area contributed by atoms with Gasteiger partial charge in [-0.2, -0.15) is 8.42 Å². The van der Waals surface area contributed by atoms with Gasteiger partial charge in [0.25, 0.3) is 10.1 Å². The number of nitrogens with zero attached hydrogens (tertiary/aromatic N) is 1. The van der Waals surface area contributed by atoms with Gasteiger partial charge in [-0.15, -0.1) is 0 Å². The van der Waals surface area contributed by atoms with Crippen molar-refractivity contribution < 1.29 is 40.4 Å². The molecule has 1 atom stereocenters. The summed E-state index contributed by atoms with van der Waals surface area (Å²) in [4.78, 5) is 15.3. The topological polar surface area (TPSA) is 91.4 Å². The number of aryl methyl sites for hydroxylation is 1. The van der Waals surface area contributed by atoms with Gasteiger partial charge in [0.2, 0.25) is 11.7 Å². The molecule has 3 rings (SSSR count). The Morgan fingerprint density at radius 1 is 0.944 bits per heavy atom. The maximum absolute atomic E-state index is 13.7. The molecule has 2 aromatic carbocycles. The Hall–Kier alpha value is -2.92. The molecule has 1 amide bonds. The molecule has 1 aliphatic rings. The molecule has 36 heavy (non-hydrogen) atoms. The number of carbonyl (C=O) groups excluding carboxylic acids is 1. The van der Waals surface area contributed by atoms with Crippen molar-refractivity contribution in [3.8, 4) is 17.2 Å². The first-order valence-corrected chi connectivity index (χ1v) is 13.2. The summed E-state index contributed by atoms with van der Waals surface area (Å²) in [6.45, 7) is 0.557. The van der Waals surface area contributed by atoms with Gasteiger partial charge in [-0.25, -0.2) is 8.78 Å². The number of rotatable bonds is 12. The number of hydrogen-bond donors (Lipinski definition) is 0. The Balaban J connectivity index is 1.82. The van der Waals surface area contributed by atoms with Crippen molar-refractivity contribution in [1.29, 1.82) is 0 Å². The van der Waals surface area contributed by atoms with E-state index in [9.17, 15) is 22.0 Å². The van der Waals surface area contributed by atoms with E-state index in [0.29, 0.717) is 48.6 Å². The summed E-state index contributed by atoms with van der Waals surface area (Å²) in [6.07, 6.45) is 2.24. The number of amides is 1. The number of likely N-dealkylation sites (tertiary alicyclic amines) is 1. The van der Waals surface area contributed by atoms with E-state index in [0.717, 1.165) is 24.0 Å². The quantitative estimate of drug-likeness (QED) is 0.389. The number of hydrogen-bond acceptors (Lipinski definition) is 7. The van der Waals surface area contributed by atoms with Crippen LogP contribution in [0, 0.1) is 17.0 Å². The molecule has 0 N–H and O–H groups in total. The Kier molecular flexibility index (Phi) is 8.78. The van der Waals surface area contributed by atoms with Gasteiger partial charge in [-0.05, 0) is 61.1 Å². The molecular formula is C25H31F2NO7S. The smallest absolute Gasteiger partial charge is 0.264 e. The number of benzene rings is 2. The van der Waals surface area contributed by atoms with E-state index in [1.165, 1.54) is 27.4 Å². The lowest BCUT2D eigenvalue weighted by molar-refractivity contribution is -0.137. The van der Waals surface area contributed by atoms with E-state index in [-0.39, 0.29) is 25.5 Å². The van der Waals surface area contributed by atoms with Gasteiger partial charge in [0.1, 0.15) is 0 Å². The summed E-state index contributed by atoms with van der Waals surface area (Å²) in [5, 5.41) is 0. The second-order valence-corrected chi connectivity index (χ2v) is 10.5. The number of methoxy groups -OCH3 is 3. The van der Waals surface area contributed by atoms with Crippen molar-refractivity contribution in [3.05, 3.63) is 53.1 Å². The van der Waals surface area contributed by atoms with Crippen molar-refractivity contribution in [2.24, 2.45) is 5.41 Å². The Labute approximate surface area is 210 Å². The predicted molar refractivity (Wildman–Crippen MR) is 129 cm³/mol. The van der Waals surface area contributed by atoms with Crippen LogP contribution in [0.2, 0.25) is 0 Å².